The first-order valence-corrected chi connectivity index (χ1v) is 10.3. The van der Waals surface area contributed by atoms with Crippen molar-refractivity contribution in [1.29, 1.82) is 0 Å². The number of esters is 1. The van der Waals surface area contributed by atoms with E-state index in [0.29, 0.717) is 21.8 Å². The molecular weight excluding hydrogens is 456 g/mol. The van der Waals surface area contributed by atoms with Crippen molar-refractivity contribution in [2.75, 3.05) is 12.4 Å². The molecule has 0 atom stereocenters. The third kappa shape index (κ3) is 3.81. The molecule has 0 saturated heterocycles. The molecule has 0 amide bonds. The average molecular weight is 471 g/mol. The highest BCUT2D eigenvalue weighted by molar-refractivity contribution is 9.10. The molecule has 0 bridgehead atoms. The number of nitrogens with zero attached hydrogens (tertiary/aromatic N) is 1. The molecule has 6 nitrogen and oxygen atoms in total. The quantitative estimate of drug-likeness (QED) is 0.312. The number of methoxy groups -OCH3 is 1. The second-order valence-electron chi connectivity index (χ2n) is 6.29. The zero-order valence-corrected chi connectivity index (χ0v) is 17.9. The maximum absolute atomic E-state index is 12.6. The van der Waals surface area contributed by atoms with E-state index in [9.17, 15) is 9.59 Å². The molecule has 4 aromatic rings. The minimum atomic E-state index is -0.564. The summed E-state index contributed by atoms with van der Waals surface area (Å²) < 4.78 is 11.2. The topological polar surface area (TPSA) is 81.4 Å². The van der Waals surface area contributed by atoms with Crippen LogP contribution in [0.15, 0.2) is 61.5 Å². The fraction of sp³-hybridized carbons (Fsp3) is 0.0952. The maximum atomic E-state index is 12.6. The number of carbonyl (C=O) groups excluding carboxylic acids is 1. The third-order valence-corrected chi connectivity index (χ3v) is 5.63. The van der Waals surface area contributed by atoms with Gasteiger partial charge in [-0.25, -0.2) is 14.6 Å². The van der Waals surface area contributed by atoms with Crippen LogP contribution in [0.5, 0.6) is 0 Å². The van der Waals surface area contributed by atoms with E-state index in [2.05, 4.69) is 26.2 Å². The number of halogens is 1. The number of nitrogens with one attached hydrogen (secondary N) is 1. The molecule has 0 fully saturated rings. The van der Waals surface area contributed by atoms with E-state index in [1.807, 2.05) is 25.1 Å². The number of aromatic nitrogens is 1. The summed E-state index contributed by atoms with van der Waals surface area (Å²) in [6.45, 7) is 2.00. The van der Waals surface area contributed by atoms with Gasteiger partial charge in [0.1, 0.15) is 5.56 Å². The SMILES string of the molecule is COC(=O)c1cccc2cc(-c3csc(Nc4ccc(Br)cc4C)n3)c(=O)oc12. The van der Waals surface area contributed by atoms with Crippen LogP contribution < -0.4 is 10.9 Å². The van der Waals surface area contributed by atoms with Gasteiger partial charge in [0.25, 0.3) is 0 Å². The Morgan fingerprint density at radius 2 is 2.07 bits per heavy atom. The predicted octanol–water partition coefficient (Wildman–Crippen LogP) is 5.52. The monoisotopic (exact) mass is 470 g/mol. The van der Waals surface area contributed by atoms with Crippen LogP contribution in [0.3, 0.4) is 0 Å². The van der Waals surface area contributed by atoms with Gasteiger partial charge in [-0.15, -0.1) is 11.3 Å². The summed E-state index contributed by atoms with van der Waals surface area (Å²) in [5.41, 5.74) is 2.68. The van der Waals surface area contributed by atoms with Crippen LogP contribution in [-0.2, 0) is 4.74 Å². The molecule has 146 valence electrons. The van der Waals surface area contributed by atoms with Gasteiger partial charge in [0.15, 0.2) is 10.7 Å². The molecule has 8 heteroatoms. The summed E-state index contributed by atoms with van der Waals surface area (Å²) in [4.78, 5) is 29.0. The Bertz CT molecular complexity index is 1300. The van der Waals surface area contributed by atoms with Crippen LogP contribution in [-0.4, -0.2) is 18.1 Å². The molecular formula is C21H15BrN2O4S. The minimum absolute atomic E-state index is 0.201. The van der Waals surface area contributed by atoms with E-state index >= 15 is 0 Å². The van der Waals surface area contributed by atoms with E-state index in [1.54, 1.807) is 29.6 Å². The molecule has 0 unspecified atom stereocenters. The second kappa shape index (κ2) is 7.81. The van der Waals surface area contributed by atoms with Crippen molar-refractivity contribution in [2.24, 2.45) is 0 Å². The third-order valence-electron chi connectivity index (χ3n) is 4.38. The predicted molar refractivity (Wildman–Crippen MR) is 117 cm³/mol. The molecule has 2 heterocycles. The number of benzene rings is 2. The number of hydrogen-bond donors (Lipinski definition) is 1. The van der Waals surface area contributed by atoms with Crippen LogP contribution in [0.4, 0.5) is 10.8 Å². The molecule has 0 saturated carbocycles. The molecule has 4 rings (SSSR count). The van der Waals surface area contributed by atoms with Gasteiger partial charge >= 0.3 is 11.6 Å². The highest BCUT2D eigenvalue weighted by Crippen LogP contribution is 2.30. The zero-order valence-electron chi connectivity index (χ0n) is 15.5. The van der Waals surface area contributed by atoms with E-state index < -0.39 is 11.6 Å². The Morgan fingerprint density at radius 3 is 2.83 bits per heavy atom. The number of para-hydroxylation sites is 1. The van der Waals surface area contributed by atoms with Gasteiger partial charge in [-0.2, -0.15) is 0 Å². The van der Waals surface area contributed by atoms with Gasteiger partial charge in [0.2, 0.25) is 0 Å². The zero-order chi connectivity index (χ0) is 20.5. The molecule has 2 aromatic carbocycles. The Kier molecular flexibility index (Phi) is 5.21. The molecule has 0 aliphatic heterocycles. The number of fused-ring (bicyclic) bond motifs is 1. The smallest absolute Gasteiger partial charge is 0.345 e. The summed E-state index contributed by atoms with van der Waals surface area (Å²) in [7, 11) is 1.28. The van der Waals surface area contributed by atoms with Crippen LogP contribution in [0.1, 0.15) is 15.9 Å². The second-order valence-corrected chi connectivity index (χ2v) is 8.06. The largest absolute Gasteiger partial charge is 0.465 e. The number of carbonyl (C=O) groups is 1. The van der Waals surface area contributed by atoms with Crippen molar-refractivity contribution >= 4 is 55.0 Å². The standard InChI is InChI=1S/C21H15BrN2O4S/c1-11-8-13(22)6-7-16(11)23-21-24-17(10-29-21)15-9-12-4-3-5-14(19(25)27-2)18(12)28-20(15)26/h3-10H,1-2H3,(H,23,24). The fourth-order valence-corrected chi connectivity index (χ4v) is 4.13. The van der Waals surface area contributed by atoms with Crippen LogP contribution in [0.25, 0.3) is 22.2 Å². The van der Waals surface area contributed by atoms with Gasteiger partial charge in [-0.1, -0.05) is 28.1 Å². The number of thiazole rings is 1. The van der Waals surface area contributed by atoms with E-state index in [-0.39, 0.29) is 11.1 Å². The highest BCUT2D eigenvalue weighted by Gasteiger charge is 2.17. The van der Waals surface area contributed by atoms with E-state index in [0.717, 1.165) is 15.7 Å². The van der Waals surface area contributed by atoms with Crippen LogP contribution >= 0.6 is 27.3 Å². The first kappa shape index (κ1) is 19.4. The Morgan fingerprint density at radius 1 is 1.24 bits per heavy atom. The maximum Gasteiger partial charge on any atom is 0.345 e. The molecule has 0 aliphatic rings. The minimum Gasteiger partial charge on any atom is -0.465 e. The van der Waals surface area contributed by atoms with Crippen molar-refractivity contribution in [3.05, 3.63) is 73.9 Å². The first-order valence-electron chi connectivity index (χ1n) is 8.60. The van der Waals surface area contributed by atoms with Gasteiger partial charge in [-0.3, -0.25) is 0 Å². The molecule has 29 heavy (non-hydrogen) atoms. The van der Waals surface area contributed by atoms with Crippen LogP contribution in [0.2, 0.25) is 0 Å². The molecule has 2 aromatic heterocycles. The summed E-state index contributed by atoms with van der Waals surface area (Å²) in [6, 6.07) is 12.6. The van der Waals surface area contributed by atoms with Crippen molar-refractivity contribution in [2.45, 2.75) is 6.92 Å². The summed E-state index contributed by atoms with van der Waals surface area (Å²) in [5.74, 6) is -0.559. The average Bonchev–Trinajstić information content (AvgIpc) is 3.17. The lowest BCUT2D eigenvalue weighted by Gasteiger charge is -2.07. The van der Waals surface area contributed by atoms with Crippen LogP contribution in [0, 0.1) is 6.92 Å². The van der Waals surface area contributed by atoms with Crippen molar-refractivity contribution in [3.63, 3.8) is 0 Å². The van der Waals surface area contributed by atoms with Crippen molar-refractivity contribution < 1.29 is 13.9 Å². The molecule has 0 radical (unpaired) electrons. The van der Waals surface area contributed by atoms with E-state index in [4.69, 9.17) is 9.15 Å². The lowest BCUT2D eigenvalue weighted by Crippen LogP contribution is -2.07. The number of aryl methyl sites for hydroxylation is 1. The molecule has 1 N–H and O–H groups in total. The van der Waals surface area contributed by atoms with Crippen molar-refractivity contribution in [3.8, 4) is 11.3 Å². The Balaban J connectivity index is 1.71. The lowest BCUT2D eigenvalue weighted by molar-refractivity contribution is 0.0601. The number of anilines is 2. The summed E-state index contributed by atoms with van der Waals surface area (Å²) >= 11 is 4.84. The van der Waals surface area contributed by atoms with Crippen molar-refractivity contribution in [1.82, 2.24) is 4.98 Å². The number of hydrogen-bond acceptors (Lipinski definition) is 7. The van der Waals surface area contributed by atoms with Gasteiger partial charge in [0.05, 0.1) is 18.4 Å². The summed E-state index contributed by atoms with van der Waals surface area (Å²) in [5, 5.41) is 6.34. The summed E-state index contributed by atoms with van der Waals surface area (Å²) in [6.07, 6.45) is 0. The van der Waals surface area contributed by atoms with Gasteiger partial charge in [-0.05, 0) is 42.8 Å². The normalized spacial score (nSPS) is 10.9. The van der Waals surface area contributed by atoms with Gasteiger partial charge < -0.3 is 14.5 Å². The van der Waals surface area contributed by atoms with E-state index in [1.165, 1.54) is 18.4 Å². The first-order chi connectivity index (χ1) is 14.0. The number of rotatable bonds is 4. The molecule has 0 spiro atoms. The number of ether oxygens (including phenoxy) is 1. The Labute approximate surface area is 178 Å². The lowest BCUT2D eigenvalue weighted by atomic mass is 10.1. The highest BCUT2D eigenvalue weighted by atomic mass is 79.9. The van der Waals surface area contributed by atoms with Gasteiger partial charge in [0, 0.05) is 20.9 Å². The fourth-order valence-electron chi connectivity index (χ4n) is 2.93. The Hall–Kier alpha value is -2.97. The molecule has 0 aliphatic carbocycles.